The molecule has 0 aliphatic rings. The SMILES string of the molecule is Cn1c(CNCCOC(N)=O)cc(=O)n(C)c1=O. The molecule has 0 aliphatic carbocycles. The summed E-state index contributed by atoms with van der Waals surface area (Å²) in [4.78, 5) is 33.3. The second kappa shape index (κ2) is 6.01. The molecule has 0 atom stereocenters. The van der Waals surface area contributed by atoms with Gasteiger partial charge in [-0.2, -0.15) is 0 Å². The lowest BCUT2D eigenvalue weighted by Gasteiger charge is -2.10. The van der Waals surface area contributed by atoms with Crippen molar-refractivity contribution in [3.05, 3.63) is 32.6 Å². The molecule has 1 aromatic heterocycles. The highest BCUT2D eigenvalue weighted by Crippen LogP contribution is 1.89. The lowest BCUT2D eigenvalue weighted by molar-refractivity contribution is 0.157. The Kier molecular flexibility index (Phi) is 4.67. The molecule has 18 heavy (non-hydrogen) atoms. The van der Waals surface area contributed by atoms with Crippen molar-refractivity contribution in [1.82, 2.24) is 14.5 Å². The second-order valence-corrected chi connectivity index (χ2v) is 3.72. The maximum Gasteiger partial charge on any atom is 0.404 e. The summed E-state index contributed by atoms with van der Waals surface area (Å²) >= 11 is 0. The zero-order valence-electron chi connectivity index (χ0n) is 10.3. The van der Waals surface area contributed by atoms with E-state index in [1.54, 1.807) is 7.05 Å². The van der Waals surface area contributed by atoms with Crippen molar-refractivity contribution in [3.8, 4) is 0 Å². The third kappa shape index (κ3) is 3.45. The Labute approximate surface area is 103 Å². The van der Waals surface area contributed by atoms with Crippen molar-refractivity contribution in [1.29, 1.82) is 0 Å². The highest BCUT2D eigenvalue weighted by Gasteiger charge is 2.05. The molecule has 1 amide bonds. The third-order valence-corrected chi connectivity index (χ3v) is 2.45. The number of nitrogens with two attached hydrogens (primary N) is 1. The fourth-order valence-corrected chi connectivity index (χ4v) is 1.39. The number of carbonyl (C=O) groups is 1. The first-order valence-electron chi connectivity index (χ1n) is 5.32. The summed E-state index contributed by atoms with van der Waals surface area (Å²) in [5.74, 6) is 0. The number of ether oxygens (including phenoxy) is 1. The summed E-state index contributed by atoms with van der Waals surface area (Å²) in [5, 5.41) is 2.93. The van der Waals surface area contributed by atoms with E-state index in [1.807, 2.05) is 0 Å². The summed E-state index contributed by atoms with van der Waals surface area (Å²) < 4.78 is 6.92. The Morgan fingerprint density at radius 3 is 2.67 bits per heavy atom. The molecular weight excluding hydrogens is 240 g/mol. The number of rotatable bonds is 5. The van der Waals surface area contributed by atoms with Gasteiger partial charge in [0, 0.05) is 38.9 Å². The van der Waals surface area contributed by atoms with Gasteiger partial charge in [-0.25, -0.2) is 9.59 Å². The molecule has 0 saturated carbocycles. The van der Waals surface area contributed by atoms with Crippen LogP contribution in [0, 0.1) is 0 Å². The second-order valence-electron chi connectivity index (χ2n) is 3.72. The van der Waals surface area contributed by atoms with Crippen LogP contribution in [0.25, 0.3) is 0 Å². The van der Waals surface area contributed by atoms with E-state index in [9.17, 15) is 14.4 Å². The van der Waals surface area contributed by atoms with E-state index in [-0.39, 0.29) is 17.9 Å². The highest BCUT2D eigenvalue weighted by molar-refractivity contribution is 5.64. The molecule has 100 valence electrons. The average Bonchev–Trinajstić information content (AvgIpc) is 2.32. The molecule has 0 unspecified atom stereocenters. The first-order valence-corrected chi connectivity index (χ1v) is 5.32. The van der Waals surface area contributed by atoms with Crippen LogP contribution < -0.4 is 22.3 Å². The van der Waals surface area contributed by atoms with Crippen molar-refractivity contribution in [2.45, 2.75) is 6.54 Å². The van der Waals surface area contributed by atoms with Crippen LogP contribution in [-0.2, 0) is 25.4 Å². The minimum absolute atomic E-state index is 0.133. The predicted molar refractivity (Wildman–Crippen MR) is 64.2 cm³/mol. The Balaban J connectivity index is 2.61. The zero-order chi connectivity index (χ0) is 13.7. The van der Waals surface area contributed by atoms with Crippen molar-refractivity contribution < 1.29 is 9.53 Å². The van der Waals surface area contributed by atoms with E-state index in [0.29, 0.717) is 18.8 Å². The lowest BCUT2D eigenvalue weighted by Crippen LogP contribution is -2.39. The quantitative estimate of drug-likeness (QED) is 0.608. The monoisotopic (exact) mass is 256 g/mol. The van der Waals surface area contributed by atoms with Crippen LogP contribution in [0.3, 0.4) is 0 Å². The van der Waals surface area contributed by atoms with Gasteiger partial charge in [0.15, 0.2) is 0 Å². The number of aromatic nitrogens is 2. The molecule has 0 fully saturated rings. The van der Waals surface area contributed by atoms with Gasteiger partial charge >= 0.3 is 11.8 Å². The summed E-state index contributed by atoms with van der Waals surface area (Å²) in [6, 6.07) is 1.38. The van der Waals surface area contributed by atoms with Gasteiger partial charge in [-0.15, -0.1) is 0 Å². The molecule has 1 heterocycles. The number of nitrogens with zero attached hydrogens (tertiary/aromatic N) is 2. The fourth-order valence-electron chi connectivity index (χ4n) is 1.39. The minimum Gasteiger partial charge on any atom is -0.448 e. The number of primary amides is 1. The largest absolute Gasteiger partial charge is 0.448 e. The minimum atomic E-state index is -0.835. The summed E-state index contributed by atoms with van der Waals surface area (Å²) in [6.45, 7) is 0.838. The Morgan fingerprint density at radius 2 is 2.06 bits per heavy atom. The first kappa shape index (κ1) is 14.0. The Hall–Kier alpha value is -2.09. The number of nitrogens with one attached hydrogen (secondary N) is 1. The van der Waals surface area contributed by atoms with Crippen LogP contribution in [0.4, 0.5) is 4.79 Å². The van der Waals surface area contributed by atoms with Crippen LogP contribution in [0.15, 0.2) is 15.7 Å². The first-order chi connectivity index (χ1) is 8.43. The Bertz CT molecular complexity index is 546. The van der Waals surface area contributed by atoms with Gasteiger partial charge in [0.2, 0.25) is 0 Å². The van der Waals surface area contributed by atoms with Crippen molar-refractivity contribution >= 4 is 6.09 Å². The predicted octanol–water partition coefficient (Wildman–Crippen LogP) is -1.73. The van der Waals surface area contributed by atoms with Crippen LogP contribution in [0.1, 0.15) is 5.69 Å². The number of hydrogen-bond acceptors (Lipinski definition) is 5. The smallest absolute Gasteiger partial charge is 0.404 e. The lowest BCUT2D eigenvalue weighted by atomic mass is 10.4. The molecule has 1 rings (SSSR count). The number of hydrogen-bond donors (Lipinski definition) is 2. The third-order valence-electron chi connectivity index (χ3n) is 2.45. The molecule has 0 aliphatic heterocycles. The van der Waals surface area contributed by atoms with Crippen LogP contribution >= 0.6 is 0 Å². The molecular formula is C10H16N4O4. The molecule has 8 nitrogen and oxygen atoms in total. The van der Waals surface area contributed by atoms with Gasteiger partial charge in [-0.1, -0.05) is 0 Å². The van der Waals surface area contributed by atoms with Gasteiger partial charge < -0.3 is 15.8 Å². The molecule has 0 bridgehead atoms. The summed E-state index contributed by atoms with van der Waals surface area (Å²) in [7, 11) is 3.00. The van der Waals surface area contributed by atoms with Gasteiger partial charge in [0.05, 0.1) is 0 Å². The van der Waals surface area contributed by atoms with Crippen molar-refractivity contribution in [2.75, 3.05) is 13.2 Å². The van der Waals surface area contributed by atoms with E-state index in [4.69, 9.17) is 5.73 Å². The normalized spacial score (nSPS) is 10.3. The molecule has 3 N–H and O–H groups in total. The summed E-state index contributed by atoms with van der Waals surface area (Å²) in [6.07, 6.45) is -0.835. The molecule has 8 heteroatoms. The molecule has 1 aromatic rings. The van der Waals surface area contributed by atoms with E-state index in [1.165, 1.54) is 17.7 Å². The van der Waals surface area contributed by atoms with Gasteiger partial charge in [0.1, 0.15) is 6.61 Å². The van der Waals surface area contributed by atoms with E-state index < -0.39 is 6.09 Å². The molecule has 0 radical (unpaired) electrons. The highest BCUT2D eigenvalue weighted by atomic mass is 16.5. The summed E-state index contributed by atoms with van der Waals surface area (Å²) in [5.41, 5.74) is 4.61. The fraction of sp³-hybridized carbons (Fsp3) is 0.500. The molecule has 0 aromatic carbocycles. The van der Waals surface area contributed by atoms with E-state index >= 15 is 0 Å². The van der Waals surface area contributed by atoms with Crippen LogP contribution in [-0.4, -0.2) is 28.4 Å². The Morgan fingerprint density at radius 1 is 1.39 bits per heavy atom. The van der Waals surface area contributed by atoms with Crippen molar-refractivity contribution in [2.24, 2.45) is 19.8 Å². The van der Waals surface area contributed by atoms with Gasteiger partial charge in [-0.3, -0.25) is 13.9 Å². The maximum absolute atomic E-state index is 11.6. The number of carbonyl (C=O) groups excluding carboxylic acids is 1. The van der Waals surface area contributed by atoms with Gasteiger partial charge in [-0.05, 0) is 0 Å². The van der Waals surface area contributed by atoms with Crippen LogP contribution in [0.5, 0.6) is 0 Å². The molecule has 0 saturated heterocycles. The molecule has 0 spiro atoms. The number of amides is 1. The van der Waals surface area contributed by atoms with Crippen molar-refractivity contribution in [3.63, 3.8) is 0 Å². The topological polar surface area (TPSA) is 108 Å². The van der Waals surface area contributed by atoms with Crippen LogP contribution in [0.2, 0.25) is 0 Å². The standard InChI is InChI=1S/C10H16N4O4/c1-13-7(5-8(15)14(2)10(13)17)6-12-3-4-18-9(11)16/h5,12H,3-4,6H2,1-2H3,(H2,11,16). The van der Waals surface area contributed by atoms with Gasteiger partial charge in [0.25, 0.3) is 5.56 Å². The zero-order valence-corrected chi connectivity index (χ0v) is 10.3. The van der Waals surface area contributed by atoms with E-state index in [0.717, 1.165) is 4.57 Å². The average molecular weight is 256 g/mol. The maximum atomic E-state index is 11.6. The van der Waals surface area contributed by atoms with E-state index in [2.05, 4.69) is 10.1 Å².